The number of aryl methyl sites for hydroxylation is 1. The van der Waals surface area contributed by atoms with Gasteiger partial charge in [-0.2, -0.15) is 4.37 Å². The van der Waals surface area contributed by atoms with E-state index in [2.05, 4.69) is 14.7 Å². The van der Waals surface area contributed by atoms with Gasteiger partial charge in [0.2, 0.25) is 0 Å². The van der Waals surface area contributed by atoms with Gasteiger partial charge in [-0.15, -0.1) is 11.3 Å². The minimum Gasteiger partial charge on any atom is -0.382 e. The maximum atomic E-state index is 5.91. The van der Waals surface area contributed by atoms with E-state index >= 15 is 0 Å². The molecule has 0 aliphatic carbocycles. The first-order valence-corrected chi connectivity index (χ1v) is 7.37. The molecule has 18 heavy (non-hydrogen) atoms. The Morgan fingerprint density at radius 3 is 3.00 bits per heavy atom. The SMILES string of the molecule is CCOCCNc1snc(N)c1-c1csc(C)n1. The van der Waals surface area contributed by atoms with Crippen LogP contribution < -0.4 is 11.1 Å². The normalized spacial score (nSPS) is 10.8. The summed E-state index contributed by atoms with van der Waals surface area (Å²) >= 11 is 2.97. The Morgan fingerprint density at radius 2 is 2.33 bits per heavy atom. The molecule has 0 aliphatic rings. The third kappa shape index (κ3) is 2.98. The zero-order valence-corrected chi connectivity index (χ0v) is 12.0. The van der Waals surface area contributed by atoms with Crippen LogP contribution in [0.2, 0.25) is 0 Å². The molecule has 2 heterocycles. The molecular formula is C11H16N4OS2. The third-order valence-corrected chi connectivity index (χ3v) is 3.92. The largest absolute Gasteiger partial charge is 0.382 e. The Morgan fingerprint density at radius 1 is 1.50 bits per heavy atom. The lowest BCUT2D eigenvalue weighted by Crippen LogP contribution is -2.08. The molecule has 5 nitrogen and oxygen atoms in total. The smallest absolute Gasteiger partial charge is 0.148 e. The summed E-state index contributed by atoms with van der Waals surface area (Å²) in [5.41, 5.74) is 7.70. The Kier molecular flexibility index (Phi) is 4.51. The zero-order valence-electron chi connectivity index (χ0n) is 10.4. The Bertz CT molecular complexity index is 509. The Hall–Kier alpha value is -1.18. The number of ether oxygens (including phenoxy) is 1. The van der Waals surface area contributed by atoms with Gasteiger partial charge >= 0.3 is 0 Å². The highest BCUT2D eigenvalue weighted by Gasteiger charge is 2.15. The van der Waals surface area contributed by atoms with Crippen LogP contribution in [0.5, 0.6) is 0 Å². The lowest BCUT2D eigenvalue weighted by atomic mass is 10.2. The van der Waals surface area contributed by atoms with E-state index in [9.17, 15) is 0 Å². The summed E-state index contributed by atoms with van der Waals surface area (Å²) in [4.78, 5) is 4.45. The highest BCUT2D eigenvalue weighted by molar-refractivity contribution is 7.11. The van der Waals surface area contributed by atoms with Crippen molar-refractivity contribution in [1.82, 2.24) is 9.36 Å². The molecule has 3 N–H and O–H groups in total. The molecule has 7 heteroatoms. The van der Waals surface area contributed by atoms with E-state index in [0.717, 1.165) is 34.4 Å². The molecule has 2 aromatic rings. The molecule has 0 aliphatic heterocycles. The summed E-state index contributed by atoms with van der Waals surface area (Å²) in [5, 5.41) is 7.28. The summed E-state index contributed by atoms with van der Waals surface area (Å²) in [6, 6.07) is 0. The second-order valence-electron chi connectivity index (χ2n) is 3.65. The fourth-order valence-corrected chi connectivity index (χ4v) is 2.88. The Labute approximate surface area is 114 Å². The summed E-state index contributed by atoms with van der Waals surface area (Å²) in [6.07, 6.45) is 0. The maximum Gasteiger partial charge on any atom is 0.148 e. The minimum atomic E-state index is 0.532. The molecule has 2 aromatic heterocycles. The number of anilines is 2. The lowest BCUT2D eigenvalue weighted by Gasteiger charge is -2.05. The van der Waals surface area contributed by atoms with Gasteiger partial charge in [-0.05, 0) is 25.4 Å². The summed E-state index contributed by atoms with van der Waals surface area (Å²) < 4.78 is 9.47. The molecule has 0 saturated heterocycles. The minimum absolute atomic E-state index is 0.532. The first-order chi connectivity index (χ1) is 8.72. The van der Waals surface area contributed by atoms with Crippen LogP contribution in [0, 0.1) is 6.92 Å². The van der Waals surface area contributed by atoms with E-state index in [-0.39, 0.29) is 0 Å². The van der Waals surface area contributed by atoms with Gasteiger partial charge in [0.05, 0.1) is 22.9 Å². The highest BCUT2D eigenvalue weighted by atomic mass is 32.1. The number of thiazole rings is 1. The van der Waals surface area contributed by atoms with Crippen LogP contribution in [0.3, 0.4) is 0 Å². The van der Waals surface area contributed by atoms with Crippen molar-refractivity contribution < 1.29 is 4.74 Å². The highest BCUT2D eigenvalue weighted by Crippen LogP contribution is 2.36. The molecule has 0 atom stereocenters. The molecule has 0 radical (unpaired) electrons. The van der Waals surface area contributed by atoms with E-state index < -0.39 is 0 Å². The fraction of sp³-hybridized carbons (Fsp3) is 0.455. The van der Waals surface area contributed by atoms with Crippen LogP contribution in [0.25, 0.3) is 11.3 Å². The van der Waals surface area contributed by atoms with Crippen molar-refractivity contribution in [1.29, 1.82) is 0 Å². The Balaban J connectivity index is 2.12. The van der Waals surface area contributed by atoms with Gasteiger partial charge in [-0.3, -0.25) is 0 Å². The van der Waals surface area contributed by atoms with Crippen LogP contribution in [-0.4, -0.2) is 29.1 Å². The second kappa shape index (κ2) is 6.12. The van der Waals surface area contributed by atoms with E-state index in [4.69, 9.17) is 10.5 Å². The molecular weight excluding hydrogens is 268 g/mol. The molecule has 98 valence electrons. The van der Waals surface area contributed by atoms with Crippen LogP contribution in [-0.2, 0) is 4.74 Å². The van der Waals surface area contributed by atoms with E-state index in [1.807, 2.05) is 19.2 Å². The lowest BCUT2D eigenvalue weighted by molar-refractivity contribution is 0.158. The topological polar surface area (TPSA) is 73.1 Å². The van der Waals surface area contributed by atoms with Gasteiger partial charge in [-0.1, -0.05) is 0 Å². The average molecular weight is 284 g/mol. The second-order valence-corrected chi connectivity index (χ2v) is 5.48. The van der Waals surface area contributed by atoms with Crippen LogP contribution in [0.1, 0.15) is 11.9 Å². The predicted molar refractivity (Wildman–Crippen MR) is 77.4 cm³/mol. The molecule has 0 spiro atoms. The van der Waals surface area contributed by atoms with Crippen molar-refractivity contribution in [3.8, 4) is 11.3 Å². The van der Waals surface area contributed by atoms with Gasteiger partial charge in [0, 0.05) is 18.5 Å². The third-order valence-electron chi connectivity index (χ3n) is 2.33. The van der Waals surface area contributed by atoms with Gasteiger partial charge < -0.3 is 15.8 Å². The maximum absolute atomic E-state index is 5.91. The van der Waals surface area contributed by atoms with Gasteiger partial charge in [0.1, 0.15) is 10.8 Å². The molecule has 2 rings (SSSR count). The quantitative estimate of drug-likeness (QED) is 0.798. The molecule has 0 saturated carbocycles. The van der Waals surface area contributed by atoms with E-state index in [0.29, 0.717) is 12.4 Å². The van der Waals surface area contributed by atoms with E-state index in [1.165, 1.54) is 11.5 Å². The fourth-order valence-electron chi connectivity index (χ4n) is 1.53. The number of rotatable bonds is 6. The van der Waals surface area contributed by atoms with Crippen molar-refractivity contribution in [2.24, 2.45) is 0 Å². The number of nitrogen functional groups attached to an aromatic ring is 1. The first-order valence-electron chi connectivity index (χ1n) is 5.71. The molecule has 0 aromatic carbocycles. The van der Waals surface area contributed by atoms with E-state index in [1.54, 1.807) is 11.3 Å². The monoisotopic (exact) mass is 284 g/mol. The number of hydrogen-bond acceptors (Lipinski definition) is 7. The van der Waals surface area contributed by atoms with Crippen LogP contribution in [0.4, 0.5) is 10.8 Å². The number of aromatic nitrogens is 2. The predicted octanol–water partition coefficient (Wildman–Crippen LogP) is 2.61. The van der Waals surface area contributed by atoms with Crippen molar-refractivity contribution in [2.45, 2.75) is 13.8 Å². The molecule has 0 bridgehead atoms. The summed E-state index contributed by atoms with van der Waals surface area (Å²) in [7, 11) is 0. The van der Waals surface area contributed by atoms with Crippen LogP contribution >= 0.6 is 22.9 Å². The molecule has 0 fully saturated rings. The number of nitrogens with one attached hydrogen (secondary N) is 1. The van der Waals surface area contributed by atoms with Crippen LogP contribution in [0.15, 0.2) is 5.38 Å². The summed E-state index contributed by atoms with van der Waals surface area (Å²) in [5.74, 6) is 0.532. The molecule has 0 amide bonds. The van der Waals surface area contributed by atoms with Crippen molar-refractivity contribution in [2.75, 3.05) is 30.8 Å². The molecule has 0 unspecified atom stereocenters. The first kappa shape index (κ1) is 13.3. The number of nitrogens with zero attached hydrogens (tertiary/aromatic N) is 2. The van der Waals surface area contributed by atoms with Crippen molar-refractivity contribution in [3.63, 3.8) is 0 Å². The standard InChI is InChI=1S/C11H16N4OS2/c1-3-16-5-4-13-11-9(10(12)15-18-11)8-6-17-7(2)14-8/h6,13H,3-5H2,1-2H3,(H2,12,15). The van der Waals surface area contributed by atoms with Gasteiger partial charge in [0.15, 0.2) is 0 Å². The zero-order chi connectivity index (χ0) is 13.0. The number of hydrogen-bond donors (Lipinski definition) is 2. The number of nitrogens with two attached hydrogens (primary N) is 1. The summed E-state index contributed by atoms with van der Waals surface area (Å²) in [6.45, 7) is 6.10. The van der Waals surface area contributed by atoms with Gasteiger partial charge in [0.25, 0.3) is 0 Å². The van der Waals surface area contributed by atoms with Crippen molar-refractivity contribution in [3.05, 3.63) is 10.4 Å². The average Bonchev–Trinajstić information content (AvgIpc) is 2.91. The van der Waals surface area contributed by atoms with Gasteiger partial charge in [-0.25, -0.2) is 4.98 Å². The van der Waals surface area contributed by atoms with Crippen molar-refractivity contribution >= 4 is 33.7 Å².